The van der Waals surface area contributed by atoms with Crippen LogP contribution in [0.4, 0.5) is 0 Å². The van der Waals surface area contributed by atoms with Gasteiger partial charge in [0.2, 0.25) is 0 Å². The number of aromatic nitrogens is 1. The lowest BCUT2D eigenvalue weighted by Gasteiger charge is -1.95. The van der Waals surface area contributed by atoms with Gasteiger partial charge in [-0.25, -0.2) is 0 Å². The lowest BCUT2D eigenvalue weighted by molar-refractivity contribution is -0.704. The van der Waals surface area contributed by atoms with E-state index < -0.39 is 0 Å². The first-order valence-corrected chi connectivity index (χ1v) is 6.54. The van der Waals surface area contributed by atoms with Crippen molar-refractivity contribution in [3.8, 4) is 11.1 Å². The Morgan fingerprint density at radius 2 is 1.41 bits per heavy atom. The van der Waals surface area contributed by atoms with Gasteiger partial charge < -0.3 is 0 Å². The summed E-state index contributed by atoms with van der Waals surface area (Å²) in [5.41, 5.74) is 6.92. The molecule has 0 saturated heterocycles. The van der Waals surface area contributed by atoms with Crippen molar-refractivity contribution >= 4 is 0 Å². The Bertz CT molecular complexity index is 460. The summed E-state index contributed by atoms with van der Waals surface area (Å²) in [5.74, 6) is 0. The second-order valence-corrected chi connectivity index (χ2v) is 4.91. The van der Waals surface area contributed by atoms with Gasteiger partial charge in [-0.15, -0.1) is 0 Å². The molecular formula is C16H22N+. The highest BCUT2D eigenvalue weighted by atomic mass is 15.0. The van der Waals surface area contributed by atoms with Crippen LogP contribution in [0.5, 0.6) is 0 Å². The van der Waals surface area contributed by atoms with Crippen LogP contribution in [0.15, 0.2) is 24.3 Å². The molecule has 0 saturated carbocycles. The summed E-state index contributed by atoms with van der Waals surface area (Å²) < 4.78 is 2.46. The van der Waals surface area contributed by atoms with Gasteiger partial charge in [0.15, 0.2) is 11.4 Å². The molecule has 1 heteroatoms. The Balaban J connectivity index is 2.56. The molecule has 1 aliphatic heterocycles. The molecule has 0 radical (unpaired) electrons. The lowest BCUT2D eigenvalue weighted by atomic mass is 10.1. The third-order valence-corrected chi connectivity index (χ3v) is 3.64. The molecule has 17 heavy (non-hydrogen) atoms. The van der Waals surface area contributed by atoms with Gasteiger partial charge >= 0.3 is 0 Å². The number of fused-ring (bicyclic) bond motifs is 1. The van der Waals surface area contributed by atoms with Crippen LogP contribution in [0.3, 0.4) is 0 Å². The summed E-state index contributed by atoms with van der Waals surface area (Å²) in [4.78, 5) is 0. The summed E-state index contributed by atoms with van der Waals surface area (Å²) in [5, 5.41) is 0. The number of rotatable bonds is 3. The highest BCUT2D eigenvalue weighted by Gasteiger charge is 2.23. The zero-order valence-corrected chi connectivity index (χ0v) is 11.4. The van der Waals surface area contributed by atoms with E-state index >= 15 is 0 Å². The molecule has 0 unspecified atom stereocenters. The third-order valence-electron chi connectivity index (χ3n) is 3.64. The maximum atomic E-state index is 2.46. The normalized spacial score (nSPS) is 11.1. The largest absolute Gasteiger partial charge is 0.199 e. The molecule has 0 aromatic heterocycles. The minimum atomic E-state index is 1.14. The van der Waals surface area contributed by atoms with Crippen LogP contribution in [-0.4, -0.2) is 0 Å². The van der Waals surface area contributed by atoms with Crippen molar-refractivity contribution in [2.45, 2.75) is 47.1 Å². The second-order valence-electron chi connectivity index (χ2n) is 4.91. The summed E-state index contributed by atoms with van der Waals surface area (Å²) in [7, 11) is 0. The van der Waals surface area contributed by atoms with Crippen molar-refractivity contribution in [2.24, 2.45) is 0 Å². The molecule has 0 atom stereocenters. The first kappa shape index (κ1) is 12.1. The van der Waals surface area contributed by atoms with E-state index in [1.165, 1.54) is 40.9 Å². The zero-order valence-electron chi connectivity index (χ0n) is 11.4. The fourth-order valence-corrected chi connectivity index (χ4v) is 2.49. The highest BCUT2D eigenvalue weighted by Crippen LogP contribution is 2.27. The number of unbranched alkanes of at least 4 members (excludes halogenated alkanes) is 1. The van der Waals surface area contributed by atoms with E-state index in [-0.39, 0.29) is 0 Å². The predicted octanol–water partition coefficient (Wildman–Crippen LogP) is 3.80. The van der Waals surface area contributed by atoms with E-state index in [1.54, 1.807) is 0 Å². The molecule has 0 spiro atoms. The minimum Gasteiger partial charge on any atom is -0.199 e. The van der Waals surface area contributed by atoms with Crippen LogP contribution < -0.4 is 4.57 Å². The van der Waals surface area contributed by atoms with E-state index in [1.807, 2.05) is 0 Å². The highest BCUT2D eigenvalue weighted by molar-refractivity contribution is 5.68. The Labute approximate surface area is 104 Å². The van der Waals surface area contributed by atoms with E-state index in [0.29, 0.717) is 0 Å². The minimum absolute atomic E-state index is 1.14. The molecule has 1 aliphatic carbocycles. The molecule has 1 nitrogen and oxygen atoms in total. The van der Waals surface area contributed by atoms with E-state index in [4.69, 9.17) is 0 Å². The van der Waals surface area contributed by atoms with Crippen LogP contribution in [0.1, 0.15) is 36.7 Å². The van der Waals surface area contributed by atoms with Crippen molar-refractivity contribution in [1.82, 2.24) is 0 Å². The number of aryl methyl sites for hydroxylation is 1. The molecule has 0 fully saturated rings. The summed E-state index contributed by atoms with van der Waals surface area (Å²) in [6, 6.07) is 8.93. The van der Waals surface area contributed by atoms with Gasteiger partial charge in [-0.1, -0.05) is 31.0 Å². The Morgan fingerprint density at radius 3 is 1.88 bits per heavy atom. The van der Waals surface area contributed by atoms with Crippen molar-refractivity contribution < 1.29 is 4.57 Å². The summed E-state index contributed by atoms with van der Waals surface area (Å²) in [6.07, 6.45) is 2.51. The van der Waals surface area contributed by atoms with Gasteiger partial charge in [0.05, 0.1) is 11.1 Å². The topological polar surface area (TPSA) is 3.88 Å². The number of hydrogen-bond donors (Lipinski definition) is 0. The Kier molecular flexibility index (Phi) is 3.46. The Morgan fingerprint density at radius 1 is 0.882 bits per heavy atom. The second kappa shape index (κ2) is 4.87. The molecule has 2 aliphatic rings. The lowest BCUT2D eigenvalue weighted by Crippen LogP contribution is -2.37. The quantitative estimate of drug-likeness (QED) is 0.703. The zero-order chi connectivity index (χ0) is 12.4. The van der Waals surface area contributed by atoms with E-state index in [9.17, 15) is 0 Å². The fraction of sp³-hybridized carbons (Fsp3) is 0.438. The standard InChI is InChI=1S/C16H22N/c1-5-6-11-17-13(3)15-9-7-12(2)8-10-16(15)14(17)4/h7-10H,5-6,11H2,1-4H3/q+1. The SMILES string of the molecule is CCCC[n+]1c(C)c2ccc(C)ccc-2c1C. The fourth-order valence-electron chi connectivity index (χ4n) is 2.49. The van der Waals surface area contributed by atoms with Gasteiger partial charge in [-0.3, -0.25) is 0 Å². The maximum Gasteiger partial charge on any atom is 0.186 e. The molecule has 90 valence electrons. The summed E-state index contributed by atoms with van der Waals surface area (Å²) >= 11 is 0. The maximum absolute atomic E-state index is 2.46. The van der Waals surface area contributed by atoms with E-state index in [2.05, 4.69) is 56.5 Å². The van der Waals surface area contributed by atoms with Crippen molar-refractivity contribution in [2.75, 3.05) is 0 Å². The monoisotopic (exact) mass is 228 g/mol. The molecule has 0 aromatic carbocycles. The number of hydrogen-bond acceptors (Lipinski definition) is 0. The first-order valence-electron chi connectivity index (χ1n) is 6.54. The van der Waals surface area contributed by atoms with Gasteiger partial charge in [-0.2, -0.15) is 4.57 Å². The average Bonchev–Trinajstić information content (AvgIpc) is 2.46. The van der Waals surface area contributed by atoms with Crippen LogP contribution in [0.25, 0.3) is 11.1 Å². The molecule has 0 amide bonds. The smallest absolute Gasteiger partial charge is 0.186 e. The average molecular weight is 228 g/mol. The van der Waals surface area contributed by atoms with Gasteiger partial charge in [-0.05, 0) is 19.1 Å². The molecular weight excluding hydrogens is 206 g/mol. The van der Waals surface area contributed by atoms with Gasteiger partial charge in [0, 0.05) is 20.3 Å². The molecule has 1 heterocycles. The molecule has 0 N–H and O–H groups in total. The molecule has 2 rings (SSSR count). The van der Waals surface area contributed by atoms with Crippen molar-refractivity contribution in [3.63, 3.8) is 0 Å². The molecule has 0 aromatic rings. The van der Waals surface area contributed by atoms with Crippen LogP contribution in [-0.2, 0) is 6.54 Å². The molecule has 0 bridgehead atoms. The van der Waals surface area contributed by atoms with Crippen LogP contribution in [0.2, 0.25) is 0 Å². The van der Waals surface area contributed by atoms with Gasteiger partial charge in [0.1, 0.15) is 6.54 Å². The van der Waals surface area contributed by atoms with Crippen molar-refractivity contribution in [1.29, 1.82) is 0 Å². The number of nitrogens with zero attached hydrogens (tertiary/aromatic N) is 1. The Hall–Kier alpha value is -1.37. The predicted molar refractivity (Wildman–Crippen MR) is 72.4 cm³/mol. The first-order chi connectivity index (χ1) is 8.15. The third kappa shape index (κ3) is 2.19. The van der Waals surface area contributed by atoms with Crippen LogP contribution >= 0.6 is 0 Å². The van der Waals surface area contributed by atoms with Gasteiger partial charge in [0.25, 0.3) is 0 Å². The summed E-state index contributed by atoms with van der Waals surface area (Å²) in [6.45, 7) is 10.0. The van der Waals surface area contributed by atoms with E-state index in [0.717, 1.165) is 6.54 Å². The van der Waals surface area contributed by atoms with Crippen molar-refractivity contribution in [3.05, 3.63) is 41.2 Å². The van der Waals surface area contributed by atoms with Crippen LogP contribution in [0, 0.1) is 20.8 Å².